The second-order valence-corrected chi connectivity index (χ2v) is 5.02. The van der Waals surface area contributed by atoms with E-state index in [2.05, 4.69) is 4.98 Å². The minimum atomic E-state index is -1.08. The van der Waals surface area contributed by atoms with Gasteiger partial charge in [0.15, 0.2) is 0 Å². The zero-order chi connectivity index (χ0) is 13.3. The molecule has 0 atom stereocenters. The second-order valence-electron chi connectivity index (χ2n) is 4.07. The third-order valence-corrected chi connectivity index (χ3v) is 3.37. The number of hydrogen-bond acceptors (Lipinski definition) is 4. The summed E-state index contributed by atoms with van der Waals surface area (Å²) >= 11 is 1.36. The Hall–Kier alpha value is -1.95. The van der Waals surface area contributed by atoms with Gasteiger partial charge in [-0.25, -0.2) is 9.59 Å². The Kier molecular flexibility index (Phi) is 3.29. The maximum Gasteiger partial charge on any atom is 0.348 e. The molecular weight excluding hydrogens is 252 g/mol. The number of hydrogen-bond donors (Lipinski definition) is 1. The number of thiophene rings is 1. The fourth-order valence-electron chi connectivity index (χ4n) is 1.60. The summed E-state index contributed by atoms with van der Waals surface area (Å²) in [5.41, 5.74) is -0.149. The quantitative estimate of drug-likeness (QED) is 0.922. The van der Waals surface area contributed by atoms with E-state index in [0.717, 1.165) is 0 Å². The van der Waals surface area contributed by atoms with Gasteiger partial charge in [-0.2, -0.15) is 4.98 Å². The van der Waals surface area contributed by atoms with E-state index < -0.39 is 11.7 Å². The molecular formula is C12H12N2O3S. The fourth-order valence-corrected chi connectivity index (χ4v) is 2.32. The van der Waals surface area contributed by atoms with E-state index in [9.17, 15) is 14.7 Å². The lowest BCUT2D eigenvalue weighted by Crippen LogP contribution is -2.26. The number of carboxylic acids is 1. The molecule has 94 valence electrons. The molecule has 0 saturated carbocycles. The monoisotopic (exact) mass is 264 g/mol. The highest BCUT2D eigenvalue weighted by atomic mass is 32.1. The third-order valence-electron chi connectivity index (χ3n) is 2.49. The van der Waals surface area contributed by atoms with E-state index in [-0.39, 0.29) is 17.3 Å². The van der Waals surface area contributed by atoms with Gasteiger partial charge in [0, 0.05) is 12.2 Å². The normalized spacial score (nSPS) is 10.8. The van der Waals surface area contributed by atoms with E-state index >= 15 is 0 Å². The van der Waals surface area contributed by atoms with Crippen molar-refractivity contribution in [3.05, 3.63) is 39.8 Å². The predicted molar refractivity (Wildman–Crippen MR) is 69.2 cm³/mol. The Balaban J connectivity index is 2.71. The molecule has 0 bridgehead atoms. The van der Waals surface area contributed by atoms with E-state index in [1.165, 1.54) is 22.1 Å². The number of rotatable bonds is 3. The lowest BCUT2D eigenvalue weighted by atomic mass is 10.2. The van der Waals surface area contributed by atoms with Crippen LogP contribution >= 0.6 is 11.3 Å². The number of nitrogens with zero attached hydrogens (tertiary/aromatic N) is 2. The summed E-state index contributed by atoms with van der Waals surface area (Å²) in [6.07, 6.45) is 1.36. The van der Waals surface area contributed by atoms with Crippen LogP contribution < -0.4 is 5.69 Å². The van der Waals surface area contributed by atoms with Crippen LogP contribution in [0.5, 0.6) is 0 Å². The highest BCUT2D eigenvalue weighted by molar-refractivity contribution is 7.13. The van der Waals surface area contributed by atoms with Crippen molar-refractivity contribution in [3.63, 3.8) is 0 Å². The zero-order valence-electron chi connectivity index (χ0n) is 9.95. The first-order valence-electron chi connectivity index (χ1n) is 5.41. The van der Waals surface area contributed by atoms with Crippen LogP contribution in [0.25, 0.3) is 10.6 Å². The Morgan fingerprint density at radius 1 is 1.50 bits per heavy atom. The highest BCUT2D eigenvalue weighted by Crippen LogP contribution is 2.25. The molecule has 0 radical (unpaired) electrons. The Labute approximate surface area is 107 Å². The predicted octanol–water partition coefficient (Wildman–Crippen LogP) is 2.25. The summed E-state index contributed by atoms with van der Waals surface area (Å²) in [6.45, 7) is 3.61. The van der Waals surface area contributed by atoms with Crippen LogP contribution in [0.4, 0.5) is 0 Å². The first-order chi connectivity index (χ1) is 8.50. The lowest BCUT2D eigenvalue weighted by molar-refractivity contribution is 0.0696. The number of carboxylic acid groups (broad SMARTS) is 1. The maximum atomic E-state index is 11.8. The molecule has 18 heavy (non-hydrogen) atoms. The van der Waals surface area contributed by atoms with Gasteiger partial charge in [-0.15, -0.1) is 11.3 Å². The van der Waals surface area contributed by atoms with Crippen LogP contribution in [0.15, 0.2) is 28.5 Å². The van der Waals surface area contributed by atoms with E-state index in [0.29, 0.717) is 4.88 Å². The molecule has 0 spiro atoms. The van der Waals surface area contributed by atoms with Gasteiger partial charge >= 0.3 is 11.7 Å². The Morgan fingerprint density at radius 2 is 2.22 bits per heavy atom. The standard InChI is InChI=1S/C12H12N2O3S/c1-7(2)14-6-8(11(15)16)10(13-12(14)17)9-4-3-5-18-9/h3-7H,1-2H3,(H,15,16). The zero-order valence-corrected chi connectivity index (χ0v) is 10.8. The molecule has 2 rings (SSSR count). The Morgan fingerprint density at radius 3 is 2.72 bits per heavy atom. The summed E-state index contributed by atoms with van der Waals surface area (Å²) in [5.74, 6) is -1.08. The molecule has 5 nitrogen and oxygen atoms in total. The van der Waals surface area contributed by atoms with Crippen LogP contribution in [-0.2, 0) is 0 Å². The minimum Gasteiger partial charge on any atom is -0.478 e. The van der Waals surface area contributed by atoms with Crippen LogP contribution in [0, 0.1) is 0 Å². The molecule has 1 N–H and O–H groups in total. The van der Waals surface area contributed by atoms with Crippen molar-refractivity contribution in [3.8, 4) is 10.6 Å². The average Bonchev–Trinajstić information content (AvgIpc) is 2.80. The van der Waals surface area contributed by atoms with Gasteiger partial charge in [0.2, 0.25) is 0 Å². The molecule has 0 aliphatic heterocycles. The van der Waals surface area contributed by atoms with Crippen LogP contribution in [-0.4, -0.2) is 20.6 Å². The first-order valence-corrected chi connectivity index (χ1v) is 6.29. The molecule has 0 amide bonds. The minimum absolute atomic E-state index is 0.0470. The molecule has 2 aromatic rings. The maximum absolute atomic E-state index is 11.8. The van der Waals surface area contributed by atoms with Gasteiger partial charge in [-0.05, 0) is 25.3 Å². The first kappa shape index (κ1) is 12.5. The van der Waals surface area contributed by atoms with Gasteiger partial charge in [-0.3, -0.25) is 4.57 Å². The van der Waals surface area contributed by atoms with Crippen molar-refractivity contribution in [1.82, 2.24) is 9.55 Å². The molecule has 2 aromatic heterocycles. The largest absolute Gasteiger partial charge is 0.478 e. The van der Waals surface area contributed by atoms with Crippen molar-refractivity contribution in [2.45, 2.75) is 19.9 Å². The van der Waals surface area contributed by atoms with Gasteiger partial charge in [0.05, 0.1) is 4.88 Å². The average molecular weight is 264 g/mol. The topological polar surface area (TPSA) is 72.2 Å². The van der Waals surface area contributed by atoms with Gasteiger partial charge in [-0.1, -0.05) is 6.07 Å². The highest BCUT2D eigenvalue weighted by Gasteiger charge is 2.17. The van der Waals surface area contributed by atoms with Crippen molar-refractivity contribution in [2.75, 3.05) is 0 Å². The molecule has 0 fully saturated rings. The number of carbonyl (C=O) groups is 1. The molecule has 0 unspecified atom stereocenters. The summed E-state index contributed by atoms with van der Waals surface area (Å²) in [4.78, 5) is 27.6. The molecule has 0 aliphatic carbocycles. The van der Waals surface area contributed by atoms with Gasteiger partial charge in [0.25, 0.3) is 0 Å². The van der Waals surface area contributed by atoms with Gasteiger partial charge in [0.1, 0.15) is 11.3 Å². The van der Waals surface area contributed by atoms with Crippen molar-refractivity contribution in [1.29, 1.82) is 0 Å². The summed E-state index contributed by atoms with van der Waals surface area (Å²) < 4.78 is 1.32. The summed E-state index contributed by atoms with van der Waals surface area (Å²) in [6, 6.07) is 3.42. The van der Waals surface area contributed by atoms with Crippen molar-refractivity contribution >= 4 is 17.3 Å². The SMILES string of the molecule is CC(C)n1cc(C(=O)O)c(-c2cccs2)nc1=O. The molecule has 2 heterocycles. The smallest absolute Gasteiger partial charge is 0.348 e. The van der Waals surface area contributed by atoms with Gasteiger partial charge < -0.3 is 5.11 Å². The Bertz CT molecular complexity index is 629. The molecule has 0 saturated heterocycles. The molecule has 0 aromatic carbocycles. The van der Waals surface area contributed by atoms with Crippen LogP contribution in [0.3, 0.4) is 0 Å². The molecule has 0 aliphatic rings. The van der Waals surface area contributed by atoms with E-state index in [1.807, 2.05) is 5.38 Å². The fraction of sp³-hybridized carbons (Fsp3) is 0.250. The summed E-state index contributed by atoms with van der Waals surface area (Å²) in [7, 11) is 0. The van der Waals surface area contributed by atoms with Crippen molar-refractivity contribution in [2.24, 2.45) is 0 Å². The number of aromatic nitrogens is 2. The second kappa shape index (κ2) is 4.73. The van der Waals surface area contributed by atoms with Crippen LogP contribution in [0.2, 0.25) is 0 Å². The number of aromatic carboxylic acids is 1. The van der Waals surface area contributed by atoms with E-state index in [4.69, 9.17) is 0 Å². The van der Waals surface area contributed by atoms with E-state index in [1.54, 1.807) is 26.0 Å². The summed E-state index contributed by atoms with van der Waals surface area (Å²) in [5, 5.41) is 11.0. The van der Waals surface area contributed by atoms with Crippen LogP contribution in [0.1, 0.15) is 30.2 Å². The lowest BCUT2D eigenvalue weighted by Gasteiger charge is -2.11. The third kappa shape index (κ3) is 2.19. The molecule has 6 heteroatoms. The van der Waals surface area contributed by atoms with Crippen molar-refractivity contribution < 1.29 is 9.90 Å².